The SMILES string of the molecule is C=Cc1ccc(F)c(C(=O)NCCOC)c1F. The van der Waals surface area contributed by atoms with Crippen molar-refractivity contribution in [1.82, 2.24) is 5.32 Å². The average molecular weight is 241 g/mol. The Hall–Kier alpha value is -1.75. The molecule has 92 valence electrons. The first-order chi connectivity index (χ1) is 8.11. The molecule has 0 heterocycles. The van der Waals surface area contributed by atoms with Gasteiger partial charge in [-0.25, -0.2) is 8.78 Å². The molecule has 5 heteroatoms. The molecule has 1 rings (SSSR count). The van der Waals surface area contributed by atoms with Gasteiger partial charge in [0.05, 0.1) is 6.61 Å². The lowest BCUT2D eigenvalue weighted by molar-refractivity contribution is 0.0928. The van der Waals surface area contributed by atoms with Crippen LogP contribution in [0.25, 0.3) is 6.08 Å². The van der Waals surface area contributed by atoms with E-state index in [0.29, 0.717) is 0 Å². The standard InChI is InChI=1S/C12H13F2NO2/c1-3-8-4-5-9(13)10(11(8)14)12(16)15-6-7-17-2/h3-5H,1,6-7H2,2H3,(H,15,16). The van der Waals surface area contributed by atoms with Crippen LogP contribution in [0.5, 0.6) is 0 Å². The van der Waals surface area contributed by atoms with Crippen molar-refractivity contribution in [3.05, 3.63) is 41.5 Å². The van der Waals surface area contributed by atoms with E-state index in [4.69, 9.17) is 4.74 Å². The summed E-state index contributed by atoms with van der Waals surface area (Å²) < 4.78 is 31.8. The number of hydrogen-bond donors (Lipinski definition) is 1. The number of methoxy groups -OCH3 is 1. The van der Waals surface area contributed by atoms with Gasteiger partial charge in [0, 0.05) is 19.2 Å². The maximum absolute atomic E-state index is 13.7. The summed E-state index contributed by atoms with van der Waals surface area (Å²) in [5, 5.41) is 2.35. The number of ether oxygens (including phenoxy) is 1. The van der Waals surface area contributed by atoms with Gasteiger partial charge in [0.15, 0.2) is 0 Å². The van der Waals surface area contributed by atoms with Gasteiger partial charge in [-0.3, -0.25) is 4.79 Å². The van der Waals surface area contributed by atoms with Gasteiger partial charge in [-0.2, -0.15) is 0 Å². The van der Waals surface area contributed by atoms with Crippen LogP contribution in [0, 0.1) is 11.6 Å². The molecular formula is C12H13F2NO2. The Morgan fingerprint density at radius 3 is 2.82 bits per heavy atom. The Morgan fingerprint density at radius 1 is 1.53 bits per heavy atom. The number of amides is 1. The van der Waals surface area contributed by atoms with E-state index >= 15 is 0 Å². The van der Waals surface area contributed by atoms with Gasteiger partial charge in [0.1, 0.15) is 17.2 Å². The Balaban J connectivity index is 2.95. The lowest BCUT2D eigenvalue weighted by Crippen LogP contribution is -2.28. The minimum absolute atomic E-state index is 0.0864. The molecule has 1 aromatic rings. The molecule has 0 saturated carbocycles. The highest BCUT2D eigenvalue weighted by Crippen LogP contribution is 2.17. The van der Waals surface area contributed by atoms with E-state index in [2.05, 4.69) is 11.9 Å². The molecule has 0 bridgehead atoms. The summed E-state index contributed by atoms with van der Waals surface area (Å²) >= 11 is 0. The zero-order chi connectivity index (χ0) is 12.8. The van der Waals surface area contributed by atoms with Crippen molar-refractivity contribution in [2.45, 2.75) is 0 Å². The van der Waals surface area contributed by atoms with Gasteiger partial charge < -0.3 is 10.1 Å². The van der Waals surface area contributed by atoms with Gasteiger partial charge >= 0.3 is 0 Å². The molecule has 0 atom stereocenters. The molecule has 0 saturated heterocycles. The third-order valence-corrected chi connectivity index (χ3v) is 2.16. The molecular weight excluding hydrogens is 228 g/mol. The molecule has 0 aliphatic heterocycles. The Labute approximate surface area is 98.1 Å². The van der Waals surface area contributed by atoms with Crippen LogP contribution in [0.3, 0.4) is 0 Å². The number of carbonyl (C=O) groups is 1. The van der Waals surface area contributed by atoms with Crippen LogP contribution in [-0.4, -0.2) is 26.2 Å². The van der Waals surface area contributed by atoms with Crippen molar-refractivity contribution in [2.75, 3.05) is 20.3 Å². The van der Waals surface area contributed by atoms with E-state index in [1.54, 1.807) is 0 Å². The fraction of sp³-hybridized carbons (Fsp3) is 0.250. The van der Waals surface area contributed by atoms with Crippen LogP contribution in [0.1, 0.15) is 15.9 Å². The number of nitrogens with one attached hydrogen (secondary N) is 1. The van der Waals surface area contributed by atoms with Crippen molar-refractivity contribution in [1.29, 1.82) is 0 Å². The van der Waals surface area contributed by atoms with Gasteiger partial charge in [-0.15, -0.1) is 0 Å². The largest absolute Gasteiger partial charge is 0.383 e. The van der Waals surface area contributed by atoms with Crippen molar-refractivity contribution < 1.29 is 18.3 Å². The number of halogens is 2. The van der Waals surface area contributed by atoms with Crippen molar-refractivity contribution in [3.8, 4) is 0 Å². The van der Waals surface area contributed by atoms with Crippen molar-refractivity contribution in [2.24, 2.45) is 0 Å². The highest BCUT2D eigenvalue weighted by molar-refractivity contribution is 5.95. The summed E-state index contributed by atoms with van der Waals surface area (Å²) in [6.07, 6.45) is 1.22. The fourth-order valence-corrected chi connectivity index (χ4v) is 1.29. The lowest BCUT2D eigenvalue weighted by atomic mass is 10.1. The number of carbonyl (C=O) groups excluding carboxylic acids is 1. The molecule has 1 aromatic carbocycles. The first kappa shape index (κ1) is 13.3. The monoisotopic (exact) mass is 241 g/mol. The minimum Gasteiger partial charge on any atom is -0.383 e. The van der Waals surface area contributed by atoms with E-state index in [9.17, 15) is 13.6 Å². The van der Waals surface area contributed by atoms with Crippen LogP contribution in [0.2, 0.25) is 0 Å². The Morgan fingerprint density at radius 2 is 2.24 bits per heavy atom. The summed E-state index contributed by atoms with van der Waals surface area (Å²) in [6, 6.07) is 2.26. The Kier molecular flexibility index (Phi) is 4.78. The maximum atomic E-state index is 13.7. The molecule has 1 N–H and O–H groups in total. The molecule has 1 amide bonds. The van der Waals surface area contributed by atoms with Crippen molar-refractivity contribution >= 4 is 12.0 Å². The molecule has 0 aliphatic carbocycles. The molecule has 17 heavy (non-hydrogen) atoms. The van der Waals surface area contributed by atoms with Crippen LogP contribution < -0.4 is 5.32 Å². The smallest absolute Gasteiger partial charge is 0.257 e. The first-order valence-electron chi connectivity index (χ1n) is 4.99. The maximum Gasteiger partial charge on any atom is 0.257 e. The van der Waals surface area contributed by atoms with E-state index in [1.807, 2.05) is 0 Å². The third kappa shape index (κ3) is 3.10. The number of benzene rings is 1. The van der Waals surface area contributed by atoms with E-state index in [1.165, 1.54) is 19.3 Å². The van der Waals surface area contributed by atoms with E-state index in [-0.39, 0.29) is 18.7 Å². The number of rotatable bonds is 5. The third-order valence-electron chi connectivity index (χ3n) is 2.16. The predicted molar refractivity (Wildman–Crippen MR) is 60.7 cm³/mol. The quantitative estimate of drug-likeness (QED) is 0.800. The highest BCUT2D eigenvalue weighted by atomic mass is 19.1. The van der Waals surface area contributed by atoms with Crippen LogP contribution in [0.15, 0.2) is 18.7 Å². The summed E-state index contributed by atoms with van der Waals surface area (Å²) in [4.78, 5) is 11.5. The normalized spacial score (nSPS) is 10.1. The molecule has 0 aliphatic rings. The second-order valence-electron chi connectivity index (χ2n) is 3.28. The zero-order valence-electron chi connectivity index (χ0n) is 9.43. The molecule has 3 nitrogen and oxygen atoms in total. The molecule has 0 radical (unpaired) electrons. The van der Waals surface area contributed by atoms with E-state index in [0.717, 1.165) is 6.07 Å². The molecule has 0 aromatic heterocycles. The van der Waals surface area contributed by atoms with Crippen LogP contribution >= 0.6 is 0 Å². The summed E-state index contributed by atoms with van der Waals surface area (Å²) in [5.74, 6) is -2.61. The Bertz CT molecular complexity index is 433. The number of hydrogen-bond acceptors (Lipinski definition) is 2. The predicted octanol–water partition coefficient (Wildman–Crippen LogP) is 1.98. The summed E-state index contributed by atoms with van der Waals surface area (Å²) in [6.45, 7) is 3.84. The molecule has 0 fully saturated rings. The molecule has 0 unspecified atom stereocenters. The summed E-state index contributed by atoms with van der Waals surface area (Å²) in [7, 11) is 1.46. The van der Waals surface area contributed by atoms with Gasteiger partial charge in [-0.1, -0.05) is 12.7 Å². The first-order valence-corrected chi connectivity index (χ1v) is 4.99. The lowest BCUT2D eigenvalue weighted by Gasteiger charge is -2.08. The second-order valence-corrected chi connectivity index (χ2v) is 3.28. The topological polar surface area (TPSA) is 38.3 Å². The van der Waals surface area contributed by atoms with Crippen LogP contribution in [0.4, 0.5) is 8.78 Å². The molecule has 0 spiro atoms. The minimum atomic E-state index is -0.907. The van der Waals surface area contributed by atoms with Gasteiger partial charge in [0.25, 0.3) is 5.91 Å². The summed E-state index contributed by atoms with van der Waals surface area (Å²) in [5.41, 5.74) is -0.512. The van der Waals surface area contributed by atoms with Gasteiger partial charge in [-0.05, 0) is 12.1 Å². The zero-order valence-corrected chi connectivity index (χ0v) is 9.43. The van der Waals surface area contributed by atoms with Crippen LogP contribution in [-0.2, 0) is 4.74 Å². The van der Waals surface area contributed by atoms with E-state index < -0.39 is 23.1 Å². The fourth-order valence-electron chi connectivity index (χ4n) is 1.29. The van der Waals surface area contributed by atoms with Crippen molar-refractivity contribution in [3.63, 3.8) is 0 Å². The second kappa shape index (κ2) is 6.10. The highest BCUT2D eigenvalue weighted by Gasteiger charge is 2.18. The average Bonchev–Trinajstić information content (AvgIpc) is 2.30. The van der Waals surface area contributed by atoms with Gasteiger partial charge in [0.2, 0.25) is 0 Å².